The molecule has 0 aliphatic carbocycles. The lowest BCUT2D eigenvalue weighted by Crippen LogP contribution is -2.20. The zero-order valence-electron chi connectivity index (χ0n) is 15.0. The highest BCUT2D eigenvalue weighted by molar-refractivity contribution is 6.33. The first-order chi connectivity index (χ1) is 14.0. The van der Waals surface area contributed by atoms with Gasteiger partial charge in [0.15, 0.2) is 5.82 Å². The molecule has 2 aliphatic rings. The summed E-state index contributed by atoms with van der Waals surface area (Å²) in [6.45, 7) is 0.934. The molecule has 0 amide bonds. The van der Waals surface area contributed by atoms with E-state index in [-0.39, 0.29) is 22.2 Å². The fraction of sp³-hybridized carbons (Fsp3) is 0.200. The Morgan fingerprint density at radius 3 is 2.66 bits per heavy atom. The number of aliphatic imine (C=N–C) groups is 1. The van der Waals surface area contributed by atoms with Crippen molar-refractivity contribution < 1.29 is 13.2 Å². The van der Waals surface area contributed by atoms with Crippen LogP contribution in [0.1, 0.15) is 12.0 Å². The number of rotatable bonds is 2. The van der Waals surface area contributed by atoms with Crippen molar-refractivity contribution in [1.82, 2.24) is 9.78 Å². The predicted octanol–water partition coefficient (Wildman–Crippen LogP) is 4.86. The van der Waals surface area contributed by atoms with Gasteiger partial charge in [0, 0.05) is 18.8 Å². The Labute approximate surface area is 169 Å². The van der Waals surface area contributed by atoms with Crippen LogP contribution in [-0.4, -0.2) is 34.9 Å². The number of hydrogen-bond acceptors (Lipinski definition) is 4. The Morgan fingerprint density at radius 2 is 1.93 bits per heavy atom. The molecule has 29 heavy (non-hydrogen) atoms. The quantitative estimate of drug-likeness (QED) is 0.648. The molecule has 148 valence electrons. The number of fused-ring (bicyclic) bond motifs is 3. The van der Waals surface area contributed by atoms with Gasteiger partial charge in [-0.3, -0.25) is 0 Å². The predicted molar refractivity (Wildman–Crippen MR) is 106 cm³/mol. The summed E-state index contributed by atoms with van der Waals surface area (Å²) in [6.07, 6.45) is 1.04. The summed E-state index contributed by atoms with van der Waals surface area (Å²) >= 11 is 6.25. The van der Waals surface area contributed by atoms with E-state index < -0.39 is 17.8 Å². The third-order valence-electron chi connectivity index (χ3n) is 5.08. The van der Waals surface area contributed by atoms with Crippen LogP contribution in [0.3, 0.4) is 0 Å². The van der Waals surface area contributed by atoms with E-state index in [0.717, 1.165) is 17.8 Å². The van der Waals surface area contributed by atoms with Crippen molar-refractivity contribution in [1.29, 1.82) is 0 Å². The van der Waals surface area contributed by atoms with Gasteiger partial charge in [-0.2, -0.15) is 5.10 Å². The number of hydrogen-bond donors (Lipinski definition) is 1. The van der Waals surface area contributed by atoms with E-state index in [4.69, 9.17) is 11.6 Å². The van der Waals surface area contributed by atoms with Crippen LogP contribution in [0.15, 0.2) is 47.6 Å². The molecular weight excluding hydrogens is 403 g/mol. The largest absolute Gasteiger partial charge is 0.368 e. The Kier molecular flexibility index (Phi) is 4.24. The van der Waals surface area contributed by atoms with Gasteiger partial charge in [0.1, 0.15) is 28.7 Å². The number of benzene rings is 2. The molecule has 1 saturated heterocycles. The minimum absolute atomic E-state index is 0.0132. The number of nitrogens with one attached hydrogen (secondary N) is 1. The van der Waals surface area contributed by atoms with Crippen molar-refractivity contribution in [3.05, 3.63) is 64.8 Å². The molecule has 1 fully saturated rings. The van der Waals surface area contributed by atoms with Crippen LogP contribution in [0.5, 0.6) is 0 Å². The van der Waals surface area contributed by atoms with Gasteiger partial charge in [-0.25, -0.2) is 22.8 Å². The van der Waals surface area contributed by atoms with Crippen molar-refractivity contribution in [2.75, 3.05) is 23.3 Å². The number of nitrogens with zero attached hydrogens (tertiary/aromatic N) is 4. The van der Waals surface area contributed by atoms with Crippen molar-refractivity contribution in [2.24, 2.45) is 4.99 Å². The molecule has 0 saturated carbocycles. The second-order valence-electron chi connectivity index (χ2n) is 6.94. The monoisotopic (exact) mass is 417 g/mol. The lowest BCUT2D eigenvalue weighted by molar-refractivity contribution is 0.364. The maximum Gasteiger partial charge on any atom is 0.176 e. The van der Waals surface area contributed by atoms with E-state index in [2.05, 4.69) is 15.4 Å². The second kappa shape index (κ2) is 6.81. The van der Waals surface area contributed by atoms with E-state index in [1.165, 1.54) is 16.9 Å². The molecule has 0 spiro atoms. The summed E-state index contributed by atoms with van der Waals surface area (Å²) in [6, 6.07) is 9.04. The SMILES string of the molecule is Fc1cccc(F)c1C1=Nc2c(Cl)cnn2-c2cc(N3CCC(F)C3)ccc2N1. The molecule has 3 aromatic rings. The number of alkyl halides is 1. The Balaban J connectivity index is 1.66. The minimum Gasteiger partial charge on any atom is -0.368 e. The molecule has 5 rings (SSSR count). The highest BCUT2D eigenvalue weighted by atomic mass is 35.5. The first kappa shape index (κ1) is 18.1. The van der Waals surface area contributed by atoms with E-state index in [1.54, 1.807) is 6.07 Å². The summed E-state index contributed by atoms with van der Waals surface area (Å²) in [5.74, 6) is -1.26. The molecule has 1 unspecified atom stereocenters. The highest BCUT2D eigenvalue weighted by Gasteiger charge is 2.26. The van der Waals surface area contributed by atoms with Gasteiger partial charge in [0.05, 0.1) is 23.1 Å². The molecule has 3 heterocycles. The van der Waals surface area contributed by atoms with Crippen LogP contribution >= 0.6 is 11.6 Å². The Bertz CT molecular complexity index is 1120. The van der Waals surface area contributed by atoms with Crippen LogP contribution in [0, 0.1) is 11.6 Å². The van der Waals surface area contributed by atoms with Gasteiger partial charge in [0.2, 0.25) is 0 Å². The highest BCUT2D eigenvalue weighted by Crippen LogP contribution is 2.37. The van der Waals surface area contributed by atoms with Crippen molar-refractivity contribution >= 4 is 34.6 Å². The van der Waals surface area contributed by atoms with Crippen LogP contribution in [-0.2, 0) is 0 Å². The molecule has 9 heteroatoms. The zero-order chi connectivity index (χ0) is 20.1. The van der Waals surface area contributed by atoms with Gasteiger partial charge < -0.3 is 10.2 Å². The fourth-order valence-corrected chi connectivity index (χ4v) is 3.82. The molecule has 5 nitrogen and oxygen atoms in total. The van der Waals surface area contributed by atoms with E-state index >= 15 is 0 Å². The summed E-state index contributed by atoms with van der Waals surface area (Å²) in [5.41, 5.74) is 1.68. The average molecular weight is 418 g/mol. The van der Waals surface area contributed by atoms with Crippen molar-refractivity contribution in [2.45, 2.75) is 12.6 Å². The van der Waals surface area contributed by atoms with Crippen LogP contribution in [0.4, 0.5) is 30.4 Å². The normalized spacial score (nSPS) is 18.0. The second-order valence-corrected chi connectivity index (χ2v) is 7.35. The van der Waals surface area contributed by atoms with E-state index in [0.29, 0.717) is 30.9 Å². The number of halogens is 4. The first-order valence-electron chi connectivity index (χ1n) is 9.08. The lowest BCUT2D eigenvalue weighted by Gasteiger charge is -2.20. The van der Waals surface area contributed by atoms with E-state index in [9.17, 15) is 13.2 Å². The van der Waals surface area contributed by atoms with Crippen LogP contribution in [0.2, 0.25) is 5.02 Å². The number of anilines is 2. The van der Waals surface area contributed by atoms with Gasteiger partial charge >= 0.3 is 0 Å². The first-order valence-corrected chi connectivity index (χ1v) is 9.46. The van der Waals surface area contributed by atoms with Gasteiger partial charge in [0.25, 0.3) is 0 Å². The smallest absolute Gasteiger partial charge is 0.176 e. The molecule has 0 radical (unpaired) electrons. The molecule has 1 N–H and O–H groups in total. The van der Waals surface area contributed by atoms with Gasteiger partial charge in [-0.1, -0.05) is 17.7 Å². The number of aromatic nitrogens is 2. The average Bonchev–Trinajstić information content (AvgIpc) is 3.24. The molecule has 1 aromatic heterocycles. The van der Waals surface area contributed by atoms with E-state index in [1.807, 2.05) is 17.0 Å². The van der Waals surface area contributed by atoms with Gasteiger partial charge in [-0.05, 0) is 36.8 Å². The van der Waals surface area contributed by atoms with Crippen molar-refractivity contribution in [3.63, 3.8) is 0 Å². The molecular formula is C20H15ClF3N5. The summed E-state index contributed by atoms with van der Waals surface area (Å²) in [5, 5.41) is 7.51. The minimum atomic E-state index is -0.861. The van der Waals surface area contributed by atoms with Crippen LogP contribution in [0.25, 0.3) is 5.69 Å². The zero-order valence-corrected chi connectivity index (χ0v) is 15.8. The topological polar surface area (TPSA) is 45.5 Å². The molecule has 1 atom stereocenters. The fourth-order valence-electron chi connectivity index (χ4n) is 3.65. The molecule has 2 aromatic carbocycles. The lowest BCUT2D eigenvalue weighted by atomic mass is 10.1. The number of amidine groups is 1. The maximum absolute atomic E-state index is 14.4. The van der Waals surface area contributed by atoms with Crippen LogP contribution < -0.4 is 10.2 Å². The summed E-state index contributed by atoms with van der Waals surface area (Å²) in [4.78, 5) is 6.31. The standard InChI is InChI=1S/C20H15ClF3N5/c21-13-9-25-29-17-8-12(28-7-6-11(22)10-28)4-5-16(17)26-19(27-20(13)29)18-14(23)2-1-3-15(18)24/h1-5,8-9,11H,6-7,10H2,(H,26,27). The molecule has 0 bridgehead atoms. The Morgan fingerprint density at radius 1 is 1.14 bits per heavy atom. The third kappa shape index (κ3) is 3.04. The summed E-state index contributed by atoms with van der Waals surface area (Å²) in [7, 11) is 0. The van der Waals surface area contributed by atoms with Crippen molar-refractivity contribution in [3.8, 4) is 5.69 Å². The molecule has 2 aliphatic heterocycles. The Hall–Kier alpha value is -3.00. The third-order valence-corrected chi connectivity index (χ3v) is 5.34. The van der Waals surface area contributed by atoms with Gasteiger partial charge in [-0.15, -0.1) is 0 Å². The maximum atomic E-state index is 14.4. The summed E-state index contributed by atoms with van der Waals surface area (Å²) < 4.78 is 43.9.